The molecule has 0 aliphatic carbocycles. The second-order valence-corrected chi connectivity index (χ2v) is 5.06. The number of rotatable bonds is 4. The summed E-state index contributed by atoms with van der Waals surface area (Å²) in [6, 6.07) is 7.01. The first-order valence-electron chi connectivity index (χ1n) is 7.06. The number of carbonyl (C=O) groups excluding carboxylic acids is 1. The van der Waals surface area contributed by atoms with Crippen molar-refractivity contribution in [2.75, 3.05) is 12.4 Å². The molecule has 0 aliphatic heterocycles. The number of anilines is 1. The normalized spacial score (nSPS) is 10.7. The summed E-state index contributed by atoms with van der Waals surface area (Å²) in [5.74, 6) is 0.532. The Hall–Kier alpha value is -2.86. The summed E-state index contributed by atoms with van der Waals surface area (Å²) < 4.78 is 10.9. The molecule has 118 valence electrons. The van der Waals surface area contributed by atoms with Crippen LogP contribution < -0.4 is 10.1 Å². The molecule has 0 aliphatic rings. The SMILES string of the molecule is COc1ccc2oc(C(=O)Nc3cnccc3CO)c(C)c2c1. The minimum atomic E-state index is -0.389. The Morgan fingerprint density at radius 1 is 1.39 bits per heavy atom. The van der Waals surface area contributed by atoms with E-state index in [0.717, 1.165) is 10.9 Å². The number of hydrogen-bond acceptors (Lipinski definition) is 5. The maximum absolute atomic E-state index is 12.5. The Balaban J connectivity index is 1.96. The van der Waals surface area contributed by atoms with Gasteiger partial charge in [-0.2, -0.15) is 0 Å². The standard InChI is InChI=1S/C17H16N2O4/c1-10-13-7-12(22-2)3-4-15(13)23-16(10)17(21)19-14-8-18-6-5-11(14)9-20/h3-8,20H,9H2,1-2H3,(H,19,21). The van der Waals surface area contributed by atoms with E-state index in [2.05, 4.69) is 10.3 Å². The number of ether oxygens (including phenoxy) is 1. The number of nitrogens with zero attached hydrogens (tertiary/aromatic N) is 1. The summed E-state index contributed by atoms with van der Waals surface area (Å²) in [5.41, 5.74) is 2.38. The van der Waals surface area contributed by atoms with Gasteiger partial charge in [-0.25, -0.2) is 0 Å². The predicted octanol–water partition coefficient (Wildman–Crippen LogP) is 2.89. The first kappa shape index (κ1) is 15.1. The van der Waals surface area contributed by atoms with Crippen LogP contribution in [-0.2, 0) is 6.61 Å². The number of furan rings is 1. The molecule has 3 aromatic rings. The van der Waals surface area contributed by atoms with Crippen molar-refractivity contribution in [2.24, 2.45) is 0 Å². The third-order valence-corrected chi connectivity index (χ3v) is 3.68. The Labute approximate surface area is 132 Å². The van der Waals surface area contributed by atoms with E-state index in [1.165, 1.54) is 6.20 Å². The van der Waals surface area contributed by atoms with Gasteiger partial charge in [-0.15, -0.1) is 0 Å². The number of pyridine rings is 1. The van der Waals surface area contributed by atoms with E-state index >= 15 is 0 Å². The highest BCUT2D eigenvalue weighted by Crippen LogP contribution is 2.29. The largest absolute Gasteiger partial charge is 0.497 e. The van der Waals surface area contributed by atoms with Crippen molar-refractivity contribution in [2.45, 2.75) is 13.5 Å². The summed E-state index contributed by atoms with van der Waals surface area (Å²) in [6.07, 6.45) is 3.05. The van der Waals surface area contributed by atoms with Crippen LogP contribution in [0.2, 0.25) is 0 Å². The number of aliphatic hydroxyl groups excluding tert-OH is 1. The molecule has 1 amide bonds. The van der Waals surface area contributed by atoms with E-state index in [4.69, 9.17) is 9.15 Å². The first-order valence-corrected chi connectivity index (χ1v) is 7.06. The highest BCUT2D eigenvalue weighted by atomic mass is 16.5. The van der Waals surface area contributed by atoms with E-state index in [1.807, 2.05) is 13.0 Å². The molecule has 0 saturated heterocycles. The van der Waals surface area contributed by atoms with Gasteiger partial charge in [-0.05, 0) is 31.2 Å². The molecule has 23 heavy (non-hydrogen) atoms. The molecular weight excluding hydrogens is 296 g/mol. The molecule has 0 unspecified atom stereocenters. The van der Waals surface area contributed by atoms with Crippen LogP contribution in [0.1, 0.15) is 21.7 Å². The number of nitrogens with one attached hydrogen (secondary N) is 1. The van der Waals surface area contributed by atoms with Crippen LogP contribution in [-0.4, -0.2) is 23.1 Å². The zero-order chi connectivity index (χ0) is 16.4. The third-order valence-electron chi connectivity index (χ3n) is 3.68. The molecule has 3 rings (SSSR count). The van der Waals surface area contributed by atoms with Crippen LogP contribution >= 0.6 is 0 Å². The fourth-order valence-electron chi connectivity index (χ4n) is 2.40. The highest BCUT2D eigenvalue weighted by molar-refractivity contribution is 6.06. The number of fused-ring (bicyclic) bond motifs is 1. The molecule has 0 atom stereocenters. The van der Waals surface area contributed by atoms with Crippen LogP contribution in [0.4, 0.5) is 5.69 Å². The number of benzene rings is 1. The molecule has 1 aromatic carbocycles. The number of hydrogen-bond donors (Lipinski definition) is 2. The van der Waals surface area contributed by atoms with Gasteiger partial charge in [-0.1, -0.05) is 0 Å². The van der Waals surface area contributed by atoms with Crippen LogP contribution in [0.15, 0.2) is 41.1 Å². The molecule has 6 nitrogen and oxygen atoms in total. The number of aryl methyl sites for hydroxylation is 1. The van der Waals surface area contributed by atoms with Gasteiger partial charge < -0.3 is 19.6 Å². The van der Waals surface area contributed by atoms with E-state index in [0.29, 0.717) is 22.6 Å². The molecule has 2 heterocycles. The van der Waals surface area contributed by atoms with E-state index in [-0.39, 0.29) is 18.3 Å². The van der Waals surface area contributed by atoms with Crippen molar-refractivity contribution in [1.82, 2.24) is 4.98 Å². The molecule has 6 heteroatoms. The first-order chi connectivity index (χ1) is 11.1. The average molecular weight is 312 g/mol. The molecule has 0 spiro atoms. The van der Waals surface area contributed by atoms with Crippen LogP contribution in [0.3, 0.4) is 0 Å². The maximum Gasteiger partial charge on any atom is 0.291 e. The van der Waals surface area contributed by atoms with Crippen LogP contribution in [0.5, 0.6) is 5.75 Å². The minimum Gasteiger partial charge on any atom is -0.497 e. The Bertz CT molecular complexity index is 870. The minimum absolute atomic E-state index is 0.186. The second kappa shape index (κ2) is 6.10. The summed E-state index contributed by atoms with van der Waals surface area (Å²) in [6.45, 7) is 1.63. The summed E-state index contributed by atoms with van der Waals surface area (Å²) in [7, 11) is 1.59. The fraction of sp³-hybridized carbons (Fsp3) is 0.176. The van der Waals surface area contributed by atoms with Gasteiger partial charge in [0.15, 0.2) is 5.76 Å². The second-order valence-electron chi connectivity index (χ2n) is 5.06. The van der Waals surface area contributed by atoms with Crippen LogP contribution in [0.25, 0.3) is 11.0 Å². The number of methoxy groups -OCH3 is 1. The van der Waals surface area contributed by atoms with Crippen molar-refractivity contribution in [3.63, 3.8) is 0 Å². The van der Waals surface area contributed by atoms with Gasteiger partial charge >= 0.3 is 0 Å². The number of amides is 1. The topological polar surface area (TPSA) is 84.6 Å². The summed E-state index contributed by atoms with van der Waals surface area (Å²) in [4.78, 5) is 16.4. The van der Waals surface area contributed by atoms with E-state index < -0.39 is 0 Å². The Morgan fingerprint density at radius 3 is 2.96 bits per heavy atom. The maximum atomic E-state index is 12.5. The van der Waals surface area contributed by atoms with Gasteiger partial charge in [-0.3, -0.25) is 9.78 Å². The summed E-state index contributed by atoms with van der Waals surface area (Å²) in [5, 5.41) is 12.9. The van der Waals surface area contributed by atoms with Gasteiger partial charge in [0.25, 0.3) is 5.91 Å². The molecular formula is C17H16N2O4. The highest BCUT2D eigenvalue weighted by Gasteiger charge is 2.19. The lowest BCUT2D eigenvalue weighted by Crippen LogP contribution is -2.13. The van der Waals surface area contributed by atoms with Crippen molar-refractivity contribution in [3.05, 3.63) is 53.5 Å². The molecule has 0 bridgehead atoms. The van der Waals surface area contributed by atoms with Gasteiger partial charge in [0.1, 0.15) is 11.3 Å². The third kappa shape index (κ3) is 2.76. The lowest BCUT2D eigenvalue weighted by Gasteiger charge is -2.07. The zero-order valence-electron chi connectivity index (χ0n) is 12.8. The lowest BCUT2D eigenvalue weighted by atomic mass is 10.1. The summed E-state index contributed by atoms with van der Waals surface area (Å²) >= 11 is 0. The van der Waals surface area contributed by atoms with Crippen molar-refractivity contribution in [1.29, 1.82) is 0 Å². The molecule has 0 radical (unpaired) electrons. The average Bonchev–Trinajstić information content (AvgIpc) is 2.91. The predicted molar refractivity (Wildman–Crippen MR) is 85.6 cm³/mol. The number of carbonyl (C=O) groups is 1. The molecule has 2 aromatic heterocycles. The number of aromatic nitrogens is 1. The van der Waals surface area contributed by atoms with Gasteiger partial charge in [0.05, 0.1) is 25.6 Å². The quantitative estimate of drug-likeness (QED) is 0.774. The lowest BCUT2D eigenvalue weighted by molar-refractivity contribution is 0.0997. The van der Waals surface area contributed by atoms with Gasteiger partial charge in [0, 0.05) is 22.7 Å². The smallest absolute Gasteiger partial charge is 0.291 e. The Kier molecular flexibility index (Phi) is 3.99. The molecule has 0 fully saturated rings. The Morgan fingerprint density at radius 2 is 2.22 bits per heavy atom. The monoisotopic (exact) mass is 312 g/mol. The van der Waals surface area contributed by atoms with Crippen molar-refractivity contribution >= 4 is 22.6 Å². The van der Waals surface area contributed by atoms with Crippen molar-refractivity contribution < 1.29 is 19.1 Å². The fourth-order valence-corrected chi connectivity index (χ4v) is 2.40. The van der Waals surface area contributed by atoms with E-state index in [1.54, 1.807) is 31.5 Å². The van der Waals surface area contributed by atoms with Crippen molar-refractivity contribution in [3.8, 4) is 5.75 Å². The molecule has 2 N–H and O–H groups in total. The van der Waals surface area contributed by atoms with E-state index in [9.17, 15) is 9.90 Å². The number of aliphatic hydroxyl groups is 1. The molecule has 0 saturated carbocycles. The zero-order valence-corrected chi connectivity index (χ0v) is 12.8. The van der Waals surface area contributed by atoms with Gasteiger partial charge in [0.2, 0.25) is 0 Å². The van der Waals surface area contributed by atoms with Crippen LogP contribution in [0, 0.1) is 6.92 Å².